The fraction of sp³-hybridized carbons (Fsp3) is 0. The van der Waals surface area contributed by atoms with E-state index < -0.39 is 10.8 Å². The Bertz CT molecular complexity index is 646. The third kappa shape index (κ3) is 1.99. The van der Waals surface area contributed by atoms with Crippen LogP contribution in [0.25, 0.3) is 10.2 Å². The minimum atomic E-state index is -1.28. The third-order valence-corrected chi connectivity index (χ3v) is 4.83. The van der Waals surface area contributed by atoms with Gasteiger partial charge in [-0.05, 0) is 24.3 Å². The molecule has 0 aliphatic rings. The molecule has 0 radical (unpaired) electrons. The van der Waals surface area contributed by atoms with Crippen molar-refractivity contribution in [2.75, 3.05) is 0 Å². The first-order valence-corrected chi connectivity index (χ1v) is 6.99. The lowest BCUT2D eigenvalue weighted by Crippen LogP contribution is -1.94. The summed E-state index contributed by atoms with van der Waals surface area (Å²) in [6, 6.07) is 13.2. The molecule has 3 rings (SSSR count). The number of nitrogens with zero attached hydrogens (tertiary/aromatic N) is 2. The number of pyridine rings is 1. The highest BCUT2D eigenvalue weighted by Crippen LogP contribution is 2.26. The minimum Gasteiger partial charge on any atom is -0.247 e. The molecule has 3 aromatic rings. The fourth-order valence-electron chi connectivity index (χ4n) is 1.48. The molecule has 0 spiro atoms. The summed E-state index contributed by atoms with van der Waals surface area (Å²) < 4.78 is 13.9. The van der Waals surface area contributed by atoms with Gasteiger partial charge in [0, 0.05) is 6.20 Å². The predicted octanol–water partition coefficient (Wildman–Crippen LogP) is 2.86. The summed E-state index contributed by atoms with van der Waals surface area (Å²) in [6.45, 7) is 0. The highest BCUT2D eigenvalue weighted by molar-refractivity contribution is 7.87. The maximum atomic E-state index is 12.2. The molecule has 0 aliphatic heterocycles. The summed E-state index contributed by atoms with van der Waals surface area (Å²) in [5.41, 5.74) is 0.886. The number of fused-ring (bicyclic) bond motifs is 1. The fourth-order valence-corrected chi connectivity index (χ4v) is 3.72. The van der Waals surface area contributed by atoms with Crippen molar-refractivity contribution in [3.63, 3.8) is 0 Å². The number of benzene rings is 1. The van der Waals surface area contributed by atoms with Crippen LogP contribution in [-0.2, 0) is 10.8 Å². The van der Waals surface area contributed by atoms with E-state index in [0.29, 0.717) is 9.37 Å². The zero-order valence-electron chi connectivity index (χ0n) is 8.74. The molecular weight excluding hydrogens is 252 g/mol. The van der Waals surface area contributed by atoms with Crippen LogP contribution < -0.4 is 0 Å². The highest BCUT2D eigenvalue weighted by Gasteiger charge is 2.13. The molecule has 0 saturated carbocycles. The van der Waals surface area contributed by atoms with Crippen molar-refractivity contribution in [2.24, 2.45) is 0 Å². The average molecular weight is 260 g/mol. The van der Waals surface area contributed by atoms with Crippen molar-refractivity contribution in [2.45, 2.75) is 9.37 Å². The van der Waals surface area contributed by atoms with E-state index >= 15 is 0 Å². The summed E-state index contributed by atoms with van der Waals surface area (Å²) in [7, 11) is -1.28. The number of aromatic nitrogens is 2. The van der Waals surface area contributed by atoms with Gasteiger partial charge >= 0.3 is 0 Å². The summed E-state index contributed by atoms with van der Waals surface area (Å²) >= 11 is 1.45. The average Bonchev–Trinajstić information content (AvgIpc) is 2.82. The van der Waals surface area contributed by atoms with Crippen LogP contribution in [0.4, 0.5) is 0 Å². The van der Waals surface area contributed by atoms with Crippen molar-refractivity contribution in [3.05, 3.63) is 48.7 Å². The van der Waals surface area contributed by atoms with Gasteiger partial charge in [0.1, 0.15) is 15.8 Å². The van der Waals surface area contributed by atoms with Crippen LogP contribution in [0.2, 0.25) is 0 Å². The van der Waals surface area contributed by atoms with Crippen LogP contribution in [0.5, 0.6) is 0 Å². The SMILES string of the molecule is O=S(c1ccccn1)c1nc2ccccc2s1. The van der Waals surface area contributed by atoms with Gasteiger partial charge in [0.05, 0.1) is 10.2 Å². The van der Waals surface area contributed by atoms with Gasteiger partial charge in [-0.3, -0.25) is 0 Å². The summed E-state index contributed by atoms with van der Waals surface area (Å²) in [5.74, 6) is 0. The van der Waals surface area contributed by atoms with Crippen molar-refractivity contribution in [1.29, 1.82) is 0 Å². The Labute approximate surface area is 105 Å². The van der Waals surface area contributed by atoms with Crippen LogP contribution in [0.1, 0.15) is 0 Å². The largest absolute Gasteiger partial charge is 0.247 e. The Morgan fingerprint density at radius 3 is 2.65 bits per heavy atom. The van der Waals surface area contributed by atoms with E-state index in [9.17, 15) is 4.21 Å². The van der Waals surface area contributed by atoms with Crippen molar-refractivity contribution < 1.29 is 4.21 Å². The molecule has 17 heavy (non-hydrogen) atoms. The number of thiazole rings is 1. The van der Waals surface area contributed by atoms with Gasteiger partial charge in [-0.25, -0.2) is 14.2 Å². The van der Waals surface area contributed by atoms with Crippen LogP contribution in [-0.4, -0.2) is 14.2 Å². The van der Waals surface area contributed by atoms with Gasteiger partial charge in [0.2, 0.25) is 0 Å². The summed E-state index contributed by atoms with van der Waals surface area (Å²) in [4.78, 5) is 8.46. The molecule has 3 nitrogen and oxygen atoms in total. The standard InChI is InChI=1S/C12H8N2OS2/c15-17(11-7-3-4-8-13-11)12-14-9-5-1-2-6-10(9)16-12/h1-8H. The molecule has 0 bridgehead atoms. The van der Waals surface area contributed by atoms with E-state index in [-0.39, 0.29) is 0 Å². The van der Waals surface area contributed by atoms with E-state index in [0.717, 1.165) is 10.2 Å². The first kappa shape index (κ1) is 10.6. The number of hydrogen-bond donors (Lipinski definition) is 0. The molecule has 5 heteroatoms. The Hall–Kier alpha value is -1.59. The maximum absolute atomic E-state index is 12.2. The van der Waals surface area contributed by atoms with E-state index in [4.69, 9.17) is 0 Å². The van der Waals surface area contributed by atoms with Gasteiger partial charge in [-0.2, -0.15) is 0 Å². The molecule has 0 amide bonds. The van der Waals surface area contributed by atoms with E-state index in [2.05, 4.69) is 9.97 Å². The molecule has 0 N–H and O–H groups in total. The van der Waals surface area contributed by atoms with Crippen LogP contribution in [0.15, 0.2) is 58.0 Å². The lowest BCUT2D eigenvalue weighted by atomic mass is 10.3. The Morgan fingerprint density at radius 1 is 1.06 bits per heavy atom. The molecule has 2 aromatic heterocycles. The molecule has 0 fully saturated rings. The van der Waals surface area contributed by atoms with Crippen LogP contribution >= 0.6 is 11.3 Å². The van der Waals surface area contributed by atoms with E-state index in [1.165, 1.54) is 11.3 Å². The molecule has 2 heterocycles. The van der Waals surface area contributed by atoms with Gasteiger partial charge in [0.25, 0.3) is 0 Å². The smallest absolute Gasteiger partial charge is 0.188 e. The summed E-state index contributed by atoms with van der Waals surface area (Å²) in [6.07, 6.45) is 1.64. The van der Waals surface area contributed by atoms with Gasteiger partial charge in [-0.15, -0.1) is 11.3 Å². The van der Waals surface area contributed by atoms with Crippen LogP contribution in [0.3, 0.4) is 0 Å². The highest BCUT2D eigenvalue weighted by atomic mass is 32.2. The van der Waals surface area contributed by atoms with Gasteiger partial charge in [-0.1, -0.05) is 18.2 Å². The molecule has 84 valence electrons. The normalized spacial score (nSPS) is 12.7. The second kappa shape index (κ2) is 4.35. The van der Waals surface area contributed by atoms with E-state index in [1.54, 1.807) is 18.3 Å². The second-order valence-electron chi connectivity index (χ2n) is 3.38. The lowest BCUT2D eigenvalue weighted by Gasteiger charge is -1.94. The number of para-hydroxylation sites is 1. The third-order valence-electron chi connectivity index (χ3n) is 2.26. The number of hydrogen-bond acceptors (Lipinski definition) is 4. The molecule has 1 unspecified atom stereocenters. The quantitative estimate of drug-likeness (QED) is 0.711. The number of rotatable bonds is 2. The monoisotopic (exact) mass is 260 g/mol. The van der Waals surface area contributed by atoms with Gasteiger partial charge < -0.3 is 0 Å². The second-order valence-corrected chi connectivity index (χ2v) is 6.02. The Morgan fingerprint density at radius 2 is 1.88 bits per heavy atom. The van der Waals surface area contributed by atoms with Crippen molar-refractivity contribution >= 4 is 32.4 Å². The first-order chi connectivity index (χ1) is 8.34. The molecule has 0 saturated heterocycles. The molecule has 0 aliphatic carbocycles. The van der Waals surface area contributed by atoms with E-state index in [1.807, 2.05) is 30.3 Å². The minimum absolute atomic E-state index is 0.548. The van der Waals surface area contributed by atoms with Gasteiger partial charge in [0.15, 0.2) is 4.34 Å². The van der Waals surface area contributed by atoms with Crippen molar-refractivity contribution in [3.8, 4) is 0 Å². The maximum Gasteiger partial charge on any atom is 0.188 e. The Kier molecular flexibility index (Phi) is 2.70. The summed E-state index contributed by atoms with van der Waals surface area (Å²) in [5, 5.41) is 0.548. The molecular formula is C12H8N2OS2. The Balaban J connectivity index is 2.07. The molecule has 1 atom stereocenters. The first-order valence-electron chi connectivity index (χ1n) is 5.03. The zero-order chi connectivity index (χ0) is 11.7. The van der Waals surface area contributed by atoms with Crippen molar-refractivity contribution in [1.82, 2.24) is 9.97 Å². The predicted molar refractivity (Wildman–Crippen MR) is 68.5 cm³/mol. The zero-order valence-corrected chi connectivity index (χ0v) is 10.4. The lowest BCUT2D eigenvalue weighted by molar-refractivity contribution is 0.680. The topological polar surface area (TPSA) is 42.9 Å². The molecule has 1 aromatic carbocycles. The van der Waals surface area contributed by atoms with Crippen LogP contribution in [0, 0.1) is 0 Å².